The fraction of sp³-hybridized carbons (Fsp3) is 0.379. The summed E-state index contributed by atoms with van der Waals surface area (Å²) < 4.78 is 13.2. The van der Waals surface area contributed by atoms with Crippen molar-refractivity contribution in [1.82, 2.24) is 24.6 Å². The number of hydrogen-bond acceptors (Lipinski definition) is 7. The first kappa shape index (κ1) is 25.7. The lowest BCUT2D eigenvalue weighted by Gasteiger charge is -2.24. The highest BCUT2D eigenvalue weighted by Crippen LogP contribution is 2.27. The van der Waals surface area contributed by atoms with E-state index in [1.807, 2.05) is 74.4 Å². The molecule has 2 aromatic heterocycles. The summed E-state index contributed by atoms with van der Waals surface area (Å²) in [5.41, 5.74) is 4.30. The molecule has 1 amide bonds. The largest absolute Gasteiger partial charge is 0.444 e. The number of nitrogens with zero attached hydrogens (tertiary/aromatic N) is 5. The molecule has 5 rings (SSSR count). The van der Waals surface area contributed by atoms with Crippen LogP contribution < -0.4 is 5.32 Å². The molecule has 1 unspecified atom stereocenters. The van der Waals surface area contributed by atoms with E-state index in [2.05, 4.69) is 32.5 Å². The van der Waals surface area contributed by atoms with E-state index >= 15 is 0 Å². The van der Waals surface area contributed by atoms with Crippen LogP contribution in [0.5, 0.6) is 0 Å². The molecule has 38 heavy (non-hydrogen) atoms. The maximum absolute atomic E-state index is 12.2. The van der Waals surface area contributed by atoms with E-state index in [4.69, 9.17) is 9.47 Å². The van der Waals surface area contributed by atoms with Crippen LogP contribution in [0.25, 0.3) is 22.0 Å². The van der Waals surface area contributed by atoms with Crippen LogP contribution in [-0.2, 0) is 16.0 Å². The molecule has 1 aliphatic heterocycles. The molecule has 198 valence electrons. The van der Waals surface area contributed by atoms with Gasteiger partial charge in [0.05, 0.1) is 11.7 Å². The summed E-state index contributed by atoms with van der Waals surface area (Å²) in [5.74, 6) is 0.520. The molecule has 9 heteroatoms. The van der Waals surface area contributed by atoms with Gasteiger partial charge in [-0.3, -0.25) is 0 Å². The SMILES string of the molecule is CN(Cc1ccc(Nc2ncc3cc(-c4cnn(C5CCCCO5)c4)ccc3n2)cc1)C(=O)OC(C)(C)C. The van der Waals surface area contributed by atoms with Crippen LogP contribution in [0.3, 0.4) is 0 Å². The summed E-state index contributed by atoms with van der Waals surface area (Å²) in [6, 6.07) is 14.0. The fourth-order valence-electron chi connectivity index (χ4n) is 4.35. The standard InChI is InChI=1S/C29H34N6O3/c1-29(2,3)38-28(36)34(4)18-20-8-11-24(12-9-20)32-27-30-16-22-15-21(10-13-25(22)33-27)23-17-31-35(19-23)26-7-5-6-14-37-26/h8-13,15-17,19,26H,5-7,14,18H2,1-4H3,(H,30,32,33). The summed E-state index contributed by atoms with van der Waals surface area (Å²) in [6.07, 6.45) is 8.70. The Balaban J connectivity index is 1.23. The lowest BCUT2D eigenvalue weighted by molar-refractivity contribution is -0.0394. The van der Waals surface area contributed by atoms with Crippen LogP contribution in [0.4, 0.5) is 16.4 Å². The van der Waals surface area contributed by atoms with E-state index in [1.54, 1.807) is 11.9 Å². The van der Waals surface area contributed by atoms with Gasteiger partial charge in [-0.25, -0.2) is 19.4 Å². The smallest absolute Gasteiger partial charge is 0.410 e. The molecule has 1 aliphatic rings. The Kier molecular flexibility index (Phi) is 7.28. The van der Waals surface area contributed by atoms with E-state index in [1.165, 1.54) is 6.42 Å². The molecule has 4 aromatic rings. The van der Waals surface area contributed by atoms with Crippen LogP contribution in [0.15, 0.2) is 61.1 Å². The number of fused-ring (bicyclic) bond motifs is 1. The quantitative estimate of drug-likeness (QED) is 0.322. The van der Waals surface area contributed by atoms with E-state index in [-0.39, 0.29) is 12.3 Å². The molecule has 0 spiro atoms. The third-order valence-electron chi connectivity index (χ3n) is 6.30. The van der Waals surface area contributed by atoms with Gasteiger partial charge in [0, 0.05) is 49.2 Å². The Morgan fingerprint density at radius 3 is 2.68 bits per heavy atom. The Morgan fingerprint density at radius 2 is 1.95 bits per heavy atom. The highest BCUT2D eigenvalue weighted by molar-refractivity contribution is 5.84. The maximum Gasteiger partial charge on any atom is 0.410 e. The van der Waals surface area contributed by atoms with Crippen molar-refractivity contribution in [3.63, 3.8) is 0 Å². The number of rotatable bonds is 6. The van der Waals surface area contributed by atoms with Crippen molar-refractivity contribution in [2.45, 2.75) is 58.4 Å². The minimum atomic E-state index is -0.520. The van der Waals surface area contributed by atoms with E-state index in [0.29, 0.717) is 12.5 Å². The number of aromatic nitrogens is 4. The molecule has 1 fully saturated rings. The maximum atomic E-state index is 12.2. The van der Waals surface area contributed by atoms with Gasteiger partial charge < -0.3 is 19.7 Å². The van der Waals surface area contributed by atoms with Crippen molar-refractivity contribution < 1.29 is 14.3 Å². The fourth-order valence-corrected chi connectivity index (χ4v) is 4.35. The second kappa shape index (κ2) is 10.8. The molecular weight excluding hydrogens is 480 g/mol. The van der Waals surface area contributed by atoms with Crippen molar-refractivity contribution in [2.75, 3.05) is 19.0 Å². The summed E-state index contributed by atoms with van der Waals surface area (Å²) in [6.45, 7) is 6.82. The van der Waals surface area contributed by atoms with E-state index in [0.717, 1.165) is 52.7 Å². The van der Waals surface area contributed by atoms with Crippen LogP contribution in [0.2, 0.25) is 0 Å². The van der Waals surface area contributed by atoms with Gasteiger partial charge in [-0.2, -0.15) is 5.10 Å². The number of carbonyl (C=O) groups is 1. The van der Waals surface area contributed by atoms with Crippen molar-refractivity contribution in [3.8, 4) is 11.1 Å². The second-order valence-electron chi connectivity index (χ2n) is 10.7. The van der Waals surface area contributed by atoms with Crippen LogP contribution in [0.1, 0.15) is 51.8 Å². The number of ether oxygens (including phenoxy) is 2. The summed E-state index contributed by atoms with van der Waals surface area (Å²) in [4.78, 5) is 23.0. The number of amides is 1. The predicted octanol–water partition coefficient (Wildman–Crippen LogP) is 6.30. The van der Waals surface area contributed by atoms with Crippen LogP contribution in [-0.4, -0.2) is 50.0 Å². The van der Waals surface area contributed by atoms with Crippen LogP contribution >= 0.6 is 0 Å². The van der Waals surface area contributed by atoms with Crippen molar-refractivity contribution >= 4 is 28.6 Å². The molecule has 2 aromatic carbocycles. The number of nitrogens with one attached hydrogen (secondary N) is 1. The second-order valence-corrected chi connectivity index (χ2v) is 10.7. The third kappa shape index (κ3) is 6.28. The molecule has 9 nitrogen and oxygen atoms in total. The monoisotopic (exact) mass is 514 g/mol. The first-order chi connectivity index (χ1) is 18.2. The molecule has 0 bridgehead atoms. The third-order valence-corrected chi connectivity index (χ3v) is 6.30. The average molecular weight is 515 g/mol. The van der Waals surface area contributed by atoms with Crippen LogP contribution in [0, 0.1) is 0 Å². The molecule has 1 saturated heterocycles. The molecular formula is C29H34N6O3. The Hall–Kier alpha value is -3.98. The van der Waals surface area contributed by atoms with Gasteiger partial charge in [-0.15, -0.1) is 0 Å². The van der Waals surface area contributed by atoms with Crippen molar-refractivity contribution in [3.05, 3.63) is 66.6 Å². The lowest BCUT2D eigenvalue weighted by atomic mass is 10.1. The molecule has 0 radical (unpaired) electrons. The molecule has 1 N–H and O–H groups in total. The van der Waals surface area contributed by atoms with Gasteiger partial charge >= 0.3 is 6.09 Å². The van der Waals surface area contributed by atoms with Gasteiger partial charge in [-0.1, -0.05) is 18.2 Å². The number of carbonyl (C=O) groups excluding carboxylic acids is 1. The highest BCUT2D eigenvalue weighted by atomic mass is 16.6. The minimum absolute atomic E-state index is 0.0230. The minimum Gasteiger partial charge on any atom is -0.444 e. The first-order valence-electron chi connectivity index (χ1n) is 13.0. The summed E-state index contributed by atoms with van der Waals surface area (Å²) in [5, 5.41) is 8.74. The summed E-state index contributed by atoms with van der Waals surface area (Å²) in [7, 11) is 1.73. The van der Waals surface area contributed by atoms with Crippen molar-refractivity contribution in [2.24, 2.45) is 0 Å². The highest BCUT2D eigenvalue weighted by Gasteiger charge is 2.20. The predicted molar refractivity (Wildman–Crippen MR) is 147 cm³/mol. The lowest BCUT2D eigenvalue weighted by Crippen LogP contribution is -2.33. The van der Waals surface area contributed by atoms with E-state index < -0.39 is 5.60 Å². The first-order valence-corrected chi connectivity index (χ1v) is 13.0. The Morgan fingerprint density at radius 1 is 1.13 bits per heavy atom. The van der Waals surface area contributed by atoms with Crippen molar-refractivity contribution in [1.29, 1.82) is 0 Å². The average Bonchev–Trinajstić information content (AvgIpc) is 3.39. The van der Waals surface area contributed by atoms with Gasteiger partial charge in [0.15, 0.2) is 0 Å². The van der Waals surface area contributed by atoms with Gasteiger partial charge in [0.2, 0.25) is 5.95 Å². The number of benzene rings is 2. The number of hydrogen-bond donors (Lipinski definition) is 1. The Bertz CT molecular complexity index is 1400. The van der Waals surface area contributed by atoms with E-state index in [9.17, 15) is 4.79 Å². The Labute approximate surface area is 222 Å². The topological polar surface area (TPSA) is 94.4 Å². The van der Waals surface area contributed by atoms with Gasteiger partial charge in [-0.05, 0) is 75.4 Å². The number of anilines is 2. The molecule has 0 aliphatic carbocycles. The molecule has 0 saturated carbocycles. The molecule has 3 heterocycles. The zero-order chi connectivity index (χ0) is 26.7. The summed E-state index contributed by atoms with van der Waals surface area (Å²) >= 11 is 0. The van der Waals surface area contributed by atoms with Gasteiger partial charge in [0.1, 0.15) is 11.8 Å². The van der Waals surface area contributed by atoms with Gasteiger partial charge in [0.25, 0.3) is 0 Å². The molecule has 1 atom stereocenters. The zero-order valence-electron chi connectivity index (χ0n) is 22.3. The normalized spacial score (nSPS) is 15.8. The zero-order valence-corrected chi connectivity index (χ0v) is 22.3.